The van der Waals surface area contributed by atoms with Crippen molar-refractivity contribution < 1.29 is 61.9 Å². The molecule has 1 heterocycles. The fourth-order valence-corrected chi connectivity index (χ4v) is 6.28. The Kier molecular flexibility index (Phi) is 23.6. The number of guanidine groups is 2. The van der Waals surface area contributed by atoms with Crippen molar-refractivity contribution in [2.45, 2.75) is 203 Å². The number of carbonyl (C=O) groups excluding carboxylic acids is 6. The Morgan fingerprint density at radius 2 is 1.07 bits per heavy atom. The molecule has 1 aromatic rings. The molecule has 0 bridgehead atoms. The van der Waals surface area contributed by atoms with Gasteiger partial charge in [0.25, 0.3) is 0 Å². The van der Waals surface area contributed by atoms with Gasteiger partial charge >= 0.3 is 36.6 Å². The molecule has 21 nitrogen and oxygen atoms in total. The van der Waals surface area contributed by atoms with E-state index in [1.165, 1.54) is 0 Å². The van der Waals surface area contributed by atoms with E-state index in [9.17, 15) is 28.8 Å². The number of alkyl carbamates (subject to hydrolysis) is 1. The minimum atomic E-state index is -1.05. The molecule has 0 fully saturated rings. The van der Waals surface area contributed by atoms with Crippen molar-refractivity contribution in [3.8, 4) is 0 Å². The molecule has 0 saturated heterocycles. The Bertz CT molecular complexity index is 2100. The van der Waals surface area contributed by atoms with Crippen LogP contribution in [0.1, 0.15) is 174 Å². The lowest BCUT2D eigenvalue weighted by Gasteiger charge is -2.34. The van der Waals surface area contributed by atoms with Crippen LogP contribution in [-0.2, 0) is 39.8 Å². The molecule has 0 spiro atoms. The Hall–Kier alpha value is -5.99. The van der Waals surface area contributed by atoms with Crippen LogP contribution in [0.4, 0.5) is 28.8 Å². The predicted octanol–water partition coefficient (Wildman–Crippen LogP) is 10.7. The first-order chi connectivity index (χ1) is 33.4. The highest BCUT2D eigenvalue weighted by atomic mass is 16.6. The number of amidine groups is 1. The quantitative estimate of drug-likeness (QED) is 0.0763. The number of hydrogen-bond acceptors (Lipinski definition) is 14. The first-order valence-corrected chi connectivity index (χ1v) is 25.0. The van der Waals surface area contributed by atoms with Crippen LogP contribution in [0.15, 0.2) is 39.2 Å². The third-order valence-corrected chi connectivity index (χ3v) is 8.97. The van der Waals surface area contributed by atoms with Gasteiger partial charge in [-0.05, 0) is 149 Å². The molecule has 21 heteroatoms. The standard InChI is InChI=1S/C52H86N8O13/c1-47(2,3)68-41(61)55-39(56-42(62)69-48(4,5)6)54-29-22-20-19-21-23-31-59(45(65)72-51(13,14)15)40(57-43(63)70-49(7,8)9)60(46(66)73-52(16,17)18)33-34-67-35-36-25-27-37(28-26-36)38-53-30-24-32-58(38)44(64)71-50(10,11)12/h25-28H,19-24,29-35H2,1-18H3,(H2,54,55,56,61,62)/b57-40-. The lowest BCUT2D eigenvalue weighted by atomic mass is 10.1. The van der Waals surface area contributed by atoms with E-state index in [0.717, 1.165) is 20.9 Å². The normalized spacial score (nSPS) is 14.1. The zero-order valence-corrected chi connectivity index (χ0v) is 47.0. The molecule has 0 aliphatic carbocycles. The molecule has 0 saturated carbocycles. The average Bonchev–Trinajstić information content (AvgIpc) is 3.18. The number of benzene rings is 1. The monoisotopic (exact) mass is 1030 g/mol. The second-order valence-electron chi connectivity index (χ2n) is 23.4. The van der Waals surface area contributed by atoms with Crippen molar-refractivity contribution in [1.82, 2.24) is 25.3 Å². The van der Waals surface area contributed by atoms with Crippen LogP contribution in [0.2, 0.25) is 0 Å². The number of nitrogens with zero attached hydrogens (tertiary/aromatic N) is 6. The van der Waals surface area contributed by atoms with Gasteiger partial charge in [0.05, 0.1) is 19.8 Å². The van der Waals surface area contributed by atoms with Crippen LogP contribution in [0.25, 0.3) is 0 Å². The topological polar surface area (TPSA) is 238 Å². The number of aliphatic imine (C=N–C) groups is 3. The Morgan fingerprint density at radius 3 is 1.59 bits per heavy atom. The zero-order chi connectivity index (χ0) is 55.6. The van der Waals surface area contributed by atoms with Crippen molar-refractivity contribution in [3.63, 3.8) is 0 Å². The third-order valence-electron chi connectivity index (χ3n) is 8.97. The number of hydrogen-bond donors (Lipinski definition) is 2. The number of carbonyl (C=O) groups is 6. The van der Waals surface area contributed by atoms with E-state index in [-0.39, 0.29) is 38.2 Å². The highest BCUT2D eigenvalue weighted by Crippen LogP contribution is 2.21. The fraction of sp³-hybridized carbons (Fsp3) is 0.712. The number of amides is 6. The van der Waals surface area contributed by atoms with Gasteiger partial charge in [-0.3, -0.25) is 15.2 Å². The fourth-order valence-electron chi connectivity index (χ4n) is 6.28. The van der Waals surface area contributed by atoms with Crippen LogP contribution in [0.3, 0.4) is 0 Å². The summed E-state index contributed by atoms with van der Waals surface area (Å²) < 4.78 is 39.5. The first kappa shape index (κ1) is 63.1. The lowest BCUT2D eigenvalue weighted by Crippen LogP contribution is -2.53. The second kappa shape index (κ2) is 27.3. The van der Waals surface area contributed by atoms with Gasteiger partial charge in [-0.2, -0.15) is 0 Å². The van der Waals surface area contributed by atoms with Crippen LogP contribution >= 0.6 is 0 Å². The summed E-state index contributed by atoms with van der Waals surface area (Å²) in [4.78, 5) is 96.4. The van der Waals surface area contributed by atoms with E-state index in [0.29, 0.717) is 64.0 Å². The summed E-state index contributed by atoms with van der Waals surface area (Å²) in [6.45, 7) is 32.0. The SMILES string of the molecule is CC(C)(C)OC(=O)/N=C(/N(CCCCCCCN/C(=N\C(=O)OC(C)(C)C)NC(=O)OC(C)(C)C)C(=O)OC(C)(C)C)N(CCOCc1ccc(C2=NCCCN2C(=O)OC(C)(C)C)cc1)C(=O)OC(C)(C)C. The molecular weight excluding hydrogens is 945 g/mol. The first-order valence-electron chi connectivity index (χ1n) is 25.0. The zero-order valence-electron chi connectivity index (χ0n) is 47.0. The number of unbranched alkanes of at least 4 members (excludes halogenated alkanes) is 4. The van der Waals surface area contributed by atoms with Crippen molar-refractivity contribution in [3.05, 3.63) is 35.4 Å². The molecule has 1 aromatic carbocycles. The maximum absolute atomic E-state index is 14.2. The van der Waals surface area contributed by atoms with Crippen LogP contribution in [0.5, 0.6) is 0 Å². The number of rotatable bonds is 14. The Morgan fingerprint density at radius 1 is 0.589 bits per heavy atom. The van der Waals surface area contributed by atoms with Crippen molar-refractivity contribution in [1.29, 1.82) is 0 Å². The molecule has 0 unspecified atom stereocenters. The molecule has 1 aliphatic rings. The van der Waals surface area contributed by atoms with Crippen LogP contribution in [-0.4, -0.2) is 142 Å². The van der Waals surface area contributed by atoms with Crippen molar-refractivity contribution in [2.24, 2.45) is 15.0 Å². The van der Waals surface area contributed by atoms with E-state index in [2.05, 4.69) is 25.6 Å². The molecule has 2 N–H and O–H groups in total. The van der Waals surface area contributed by atoms with E-state index in [4.69, 9.17) is 33.2 Å². The van der Waals surface area contributed by atoms with Gasteiger partial charge in [-0.15, -0.1) is 9.98 Å². The van der Waals surface area contributed by atoms with Crippen LogP contribution in [0, 0.1) is 0 Å². The summed E-state index contributed by atoms with van der Waals surface area (Å²) in [7, 11) is 0. The molecule has 2 rings (SSSR count). The maximum atomic E-state index is 14.2. The maximum Gasteiger partial charge on any atom is 0.437 e. The molecule has 1 aliphatic heterocycles. The number of nitrogens with one attached hydrogen (secondary N) is 2. The minimum absolute atomic E-state index is 0.0234. The van der Waals surface area contributed by atoms with E-state index in [1.807, 2.05) is 45.0 Å². The highest BCUT2D eigenvalue weighted by Gasteiger charge is 2.36. The lowest BCUT2D eigenvalue weighted by molar-refractivity contribution is 0.0222. The van der Waals surface area contributed by atoms with Gasteiger partial charge in [0.1, 0.15) is 39.4 Å². The minimum Gasteiger partial charge on any atom is -0.444 e. The summed E-state index contributed by atoms with van der Waals surface area (Å²) in [6, 6.07) is 7.40. The second-order valence-corrected chi connectivity index (χ2v) is 23.4. The van der Waals surface area contributed by atoms with Gasteiger partial charge in [-0.1, -0.05) is 43.5 Å². The molecule has 0 atom stereocenters. The molecule has 0 radical (unpaired) electrons. The molecule has 6 amide bonds. The molecule has 0 aromatic heterocycles. The molecular formula is C52H86N8O13. The van der Waals surface area contributed by atoms with E-state index in [1.54, 1.807) is 109 Å². The van der Waals surface area contributed by atoms with Gasteiger partial charge in [0.15, 0.2) is 0 Å². The largest absolute Gasteiger partial charge is 0.444 e. The Balaban J connectivity index is 2.34. The molecule has 73 heavy (non-hydrogen) atoms. The molecule has 412 valence electrons. The Labute approximate surface area is 433 Å². The summed E-state index contributed by atoms with van der Waals surface area (Å²) >= 11 is 0. The smallest absolute Gasteiger partial charge is 0.437 e. The predicted molar refractivity (Wildman–Crippen MR) is 279 cm³/mol. The van der Waals surface area contributed by atoms with Crippen LogP contribution < -0.4 is 10.6 Å². The van der Waals surface area contributed by atoms with Crippen molar-refractivity contribution in [2.75, 3.05) is 39.3 Å². The van der Waals surface area contributed by atoms with E-state index >= 15 is 0 Å². The number of ether oxygens (including phenoxy) is 7. The van der Waals surface area contributed by atoms with Gasteiger partial charge in [-0.25, -0.2) is 38.6 Å². The van der Waals surface area contributed by atoms with E-state index < -0.39 is 70.2 Å². The van der Waals surface area contributed by atoms with Gasteiger partial charge in [0, 0.05) is 31.7 Å². The van der Waals surface area contributed by atoms with Crippen molar-refractivity contribution >= 4 is 54.3 Å². The highest BCUT2D eigenvalue weighted by molar-refractivity contribution is 6.07. The summed E-state index contributed by atoms with van der Waals surface area (Å²) in [5.74, 6) is 0.0302. The summed E-state index contributed by atoms with van der Waals surface area (Å²) in [5.41, 5.74) is -3.68. The summed E-state index contributed by atoms with van der Waals surface area (Å²) in [5, 5.41) is 5.44. The van der Waals surface area contributed by atoms with Gasteiger partial charge < -0.3 is 38.5 Å². The average molecular weight is 1030 g/mol. The summed E-state index contributed by atoms with van der Waals surface area (Å²) in [6.07, 6.45) is -1.31. The third kappa shape index (κ3) is 27.6. The van der Waals surface area contributed by atoms with Gasteiger partial charge in [0.2, 0.25) is 11.9 Å².